The molecule has 4 unspecified atom stereocenters. The van der Waals surface area contributed by atoms with E-state index in [0.717, 1.165) is 5.69 Å². The highest BCUT2D eigenvalue weighted by Gasteiger charge is 2.50. The van der Waals surface area contributed by atoms with Crippen molar-refractivity contribution in [1.82, 2.24) is 40.3 Å². The Morgan fingerprint density at radius 3 is 2.56 bits per heavy atom. The van der Waals surface area contributed by atoms with E-state index in [1.807, 2.05) is 12.1 Å². The topological polar surface area (TPSA) is 140 Å². The molecule has 2 aliphatic heterocycles. The van der Waals surface area contributed by atoms with Crippen LogP contribution < -0.4 is 14.8 Å². The SMILES string of the molecule is COc1ccc(C(=O)NC2COC3C2OCC3n2nnnc2Oc2ccc(-n3cncn3)cc2)cc1. The van der Waals surface area contributed by atoms with Crippen LogP contribution in [-0.2, 0) is 9.47 Å². The number of tetrazole rings is 1. The molecule has 1 amide bonds. The van der Waals surface area contributed by atoms with Gasteiger partial charge in [-0.05, 0) is 59.0 Å². The average molecular weight is 490 g/mol. The van der Waals surface area contributed by atoms with Crippen LogP contribution in [0.15, 0.2) is 61.2 Å². The maximum atomic E-state index is 12.7. The first-order valence-corrected chi connectivity index (χ1v) is 11.3. The second kappa shape index (κ2) is 9.36. The quantitative estimate of drug-likeness (QED) is 0.402. The summed E-state index contributed by atoms with van der Waals surface area (Å²) in [5, 5.41) is 19.0. The summed E-state index contributed by atoms with van der Waals surface area (Å²) in [5.41, 5.74) is 1.37. The number of nitrogens with one attached hydrogen (secondary N) is 1. The molecular formula is C23H22N8O5. The largest absolute Gasteiger partial charge is 0.497 e. The van der Waals surface area contributed by atoms with Crippen molar-refractivity contribution in [3.63, 3.8) is 0 Å². The number of methoxy groups -OCH3 is 1. The minimum absolute atomic E-state index is 0.209. The van der Waals surface area contributed by atoms with Crippen molar-refractivity contribution in [3.8, 4) is 23.2 Å². The standard InChI is InChI=1S/C23H22N8O5/c1-33-16-6-2-14(3-7-16)22(32)26-18-10-34-21-19(11-35-20(18)21)31-23(27-28-29-31)36-17-8-4-15(5-9-17)30-13-24-12-25-30/h2-9,12-13,18-21H,10-11H2,1H3,(H,26,32). The normalized spacial score (nSPS) is 22.8. The van der Waals surface area contributed by atoms with Crippen LogP contribution in [0, 0.1) is 0 Å². The average Bonchev–Trinajstić information content (AvgIpc) is 3.71. The van der Waals surface area contributed by atoms with Crippen LogP contribution in [0.25, 0.3) is 5.69 Å². The molecule has 0 bridgehead atoms. The number of ether oxygens (including phenoxy) is 4. The van der Waals surface area contributed by atoms with Crippen LogP contribution in [0.3, 0.4) is 0 Å². The summed E-state index contributed by atoms with van der Waals surface area (Å²) in [5.74, 6) is 1.03. The molecule has 4 aromatic rings. The number of hydrogen-bond acceptors (Lipinski definition) is 10. The number of aromatic nitrogens is 7. The number of carbonyl (C=O) groups is 1. The van der Waals surface area contributed by atoms with Gasteiger partial charge < -0.3 is 24.3 Å². The predicted octanol–water partition coefficient (Wildman–Crippen LogP) is 1.19. The molecule has 2 aromatic heterocycles. The molecule has 0 radical (unpaired) electrons. The molecule has 6 rings (SSSR count). The second-order valence-corrected chi connectivity index (χ2v) is 8.31. The van der Waals surface area contributed by atoms with Crippen LogP contribution in [0.1, 0.15) is 16.4 Å². The molecule has 1 N–H and O–H groups in total. The van der Waals surface area contributed by atoms with E-state index in [9.17, 15) is 4.79 Å². The Morgan fingerprint density at radius 1 is 1.03 bits per heavy atom. The van der Waals surface area contributed by atoms with Gasteiger partial charge in [-0.1, -0.05) is 5.10 Å². The number of fused-ring (bicyclic) bond motifs is 1. The van der Waals surface area contributed by atoms with Gasteiger partial charge in [0.1, 0.15) is 42.4 Å². The van der Waals surface area contributed by atoms with E-state index in [4.69, 9.17) is 18.9 Å². The van der Waals surface area contributed by atoms with Crippen LogP contribution in [-0.4, -0.2) is 79.5 Å². The van der Waals surface area contributed by atoms with Crippen molar-refractivity contribution >= 4 is 5.91 Å². The first kappa shape index (κ1) is 22.1. The van der Waals surface area contributed by atoms with Crippen molar-refractivity contribution < 1.29 is 23.7 Å². The first-order chi connectivity index (χ1) is 17.7. The Hall–Kier alpha value is -4.36. The van der Waals surface area contributed by atoms with Gasteiger partial charge in [-0.15, -0.1) is 0 Å². The fourth-order valence-corrected chi connectivity index (χ4v) is 4.38. The van der Waals surface area contributed by atoms with E-state index in [-0.39, 0.29) is 36.2 Å². The zero-order chi connectivity index (χ0) is 24.5. The molecule has 0 saturated carbocycles. The number of carbonyl (C=O) groups excluding carboxylic acids is 1. The summed E-state index contributed by atoms with van der Waals surface area (Å²) in [6, 6.07) is 13.8. The molecule has 13 nitrogen and oxygen atoms in total. The van der Waals surface area contributed by atoms with Crippen molar-refractivity contribution in [1.29, 1.82) is 0 Å². The van der Waals surface area contributed by atoms with Gasteiger partial charge in [-0.25, -0.2) is 9.67 Å². The van der Waals surface area contributed by atoms with E-state index >= 15 is 0 Å². The van der Waals surface area contributed by atoms with Crippen LogP contribution >= 0.6 is 0 Å². The summed E-state index contributed by atoms with van der Waals surface area (Å²) < 4.78 is 26.3. The summed E-state index contributed by atoms with van der Waals surface area (Å²) >= 11 is 0. The Kier molecular flexibility index (Phi) is 5.75. The zero-order valence-corrected chi connectivity index (χ0v) is 19.2. The number of hydrogen-bond donors (Lipinski definition) is 1. The van der Waals surface area contributed by atoms with Gasteiger partial charge in [0.05, 0.1) is 32.1 Å². The smallest absolute Gasteiger partial charge is 0.341 e. The van der Waals surface area contributed by atoms with Crippen molar-refractivity contribution in [2.45, 2.75) is 24.3 Å². The molecule has 4 heterocycles. The second-order valence-electron chi connectivity index (χ2n) is 8.31. The van der Waals surface area contributed by atoms with Crippen LogP contribution in [0.5, 0.6) is 17.5 Å². The predicted molar refractivity (Wildman–Crippen MR) is 122 cm³/mol. The van der Waals surface area contributed by atoms with Gasteiger partial charge in [0.2, 0.25) is 0 Å². The lowest BCUT2D eigenvalue weighted by Crippen LogP contribution is -2.44. The Labute approximate surface area is 204 Å². The molecule has 2 fully saturated rings. The maximum Gasteiger partial charge on any atom is 0.341 e. The van der Waals surface area contributed by atoms with E-state index in [0.29, 0.717) is 30.3 Å². The fourth-order valence-electron chi connectivity index (χ4n) is 4.38. The Morgan fingerprint density at radius 2 is 1.81 bits per heavy atom. The molecule has 4 atom stereocenters. The molecular weight excluding hydrogens is 468 g/mol. The number of nitrogens with zero attached hydrogens (tertiary/aromatic N) is 7. The van der Waals surface area contributed by atoms with Gasteiger partial charge in [-0.3, -0.25) is 4.79 Å². The van der Waals surface area contributed by atoms with E-state index in [1.54, 1.807) is 59.2 Å². The van der Waals surface area contributed by atoms with E-state index in [1.165, 1.54) is 6.33 Å². The summed E-state index contributed by atoms with van der Waals surface area (Å²) in [6.07, 6.45) is 2.40. The molecule has 0 spiro atoms. The highest BCUT2D eigenvalue weighted by atomic mass is 16.6. The van der Waals surface area contributed by atoms with Crippen LogP contribution in [0.2, 0.25) is 0 Å². The van der Waals surface area contributed by atoms with Gasteiger partial charge in [-0.2, -0.15) is 9.78 Å². The van der Waals surface area contributed by atoms with Gasteiger partial charge >= 0.3 is 6.01 Å². The van der Waals surface area contributed by atoms with Crippen molar-refractivity contribution in [3.05, 3.63) is 66.7 Å². The van der Waals surface area contributed by atoms with Gasteiger partial charge in [0.25, 0.3) is 5.91 Å². The molecule has 2 saturated heterocycles. The molecule has 184 valence electrons. The number of benzene rings is 2. The molecule has 2 aromatic carbocycles. The van der Waals surface area contributed by atoms with Gasteiger partial charge in [0.15, 0.2) is 0 Å². The van der Waals surface area contributed by atoms with E-state index in [2.05, 4.69) is 30.9 Å². The highest BCUT2D eigenvalue weighted by Crippen LogP contribution is 2.36. The number of rotatable bonds is 7. The minimum Gasteiger partial charge on any atom is -0.497 e. The van der Waals surface area contributed by atoms with Crippen molar-refractivity contribution in [2.75, 3.05) is 20.3 Å². The minimum atomic E-state index is -0.341. The fraction of sp³-hybridized carbons (Fsp3) is 0.304. The maximum absolute atomic E-state index is 12.7. The summed E-state index contributed by atoms with van der Waals surface area (Å²) in [4.78, 5) is 16.7. The lowest BCUT2D eigenvalue weighted by Gasteiger charge is -2.18. The summed E-state index contributed by atoms with van der Waals surface area (Å²) in [7, 11) is 1.58. The molecule has 0 aliphatic carbocycles. The third kappa shape index (κ3) is 4.14. The number of amides is 1. The summed E-state index contributed by atoms with van der Waals surface area (Å²) in [6.45, 7) is 0.632. The third-order valence-electron chi connectivity index (χ3n) is 6.20. The van der Waals surface area contributed by atoms with E-state index < -0.39 is 0 Å². The molecule has 13 heteroatoms. The Balaban J connectivity index is 1.12. The van der Waals surface area contributed by atoms with Gasteiger partial charge in [0, 0.05) is 5.56 Å². The Bertz CT molecular complexity index is 1330. The zero-order valence-electron chi connectivity index (χ0n) is 19.2. The monoisotopic (exact) mass is 490 g/mol. The third-order valence-corrected chi connectivity index (χ3v) is 6.20. The first-order valence-electron chi connectivity index (χ1n) is 11.3. The lowest BCUT2D eigenvalue weighted by atomic mass is 10.1. The highest BCUT2D eigenvalue weighted by molar-refractivity contribution is 5.94. The van der Waals surface area contributed by atoms with Crippen LogP contribution in [0.4, 0.5) is 0 Å². The lowest BCUT2D eigenvalue weighted by molar-refractivity contribution is 0.0606. The molecule has 2 aliphatic rings. The van der Waals surface area contributed by atoms with Crippen molar-refractivity contribution in [2.24, 2.45) is 0 Å². The molecule has 36 heavy (non-hydrogen) atoms.